The first kappa shape index (κ1) is 33.6. The maximum Gasteiger partial charge on any atom is 0.408 e. The van der Waals surface area contributed by atoms with E-state index in [9.17, 15) is 14.4 Å². The first-order valence-electron chi connectivity index (χ1n) is 17.4. The molecule has 0 saturated heterocycles. The zero-order valence-electron chi connectivity index (χ0n) is 28.9. The molecule has 4 aliphatic carbocycles. The molecule has 4 bridgehead atoms. The van der Waals surface area contributed by atoms with Crippen molar-refractivity contribution in [3.8, 4) is 0 Å². The number of anilines is 1. The van der Waals surface area contributed by atoms with Crippen molar-refractivity contribution in [2.24, 2.45) is 23.7 Å². The second kappa shape index (κ2) is 13.7. The SMILES string of the molecule is C/C(=C/C(=O)OC(C)(C)C)Nc1ccccc1CCNC(=O)C(C)(Cc1c[nH]c2ccccc12)NC(=O)OC1C2CC3CC(C2)CC1C3. The summed E-state index contributed by atoms with van der Waals surface area (Å²) in [6, 6.07) is 15.8. The van der Waals surface area contributed by atoms with Gasteiger partial charge < -0.3 is 30.4 Å². The van der Waals surface area contributed by atoms with Crippen molar-refractivity contribution in [1.29, 1.82) is 0 Å². The predicted octanol–water partition coefficient (Wildman–Crippen LogP) is 7.04. The maximum atomic E-state index is 14.0. The van der Waals surface area contributed by atoms with Gasteiger partial charge in [-0.2, -0.15) is 0 Å². The van der Waals surface area contributed by atoms with Gasteiger partial charge in [0.2, 0.25) is 5.91 Å². The minimum atomic E-state index is -1.25. The van der Waals surface area contributed by atoms with Gasteiger partial charge in [0.15, 0.2) is 0 Å². The summed E-state index contributed by atoms with van der Waals surface area (Å²) in [4.78, 5) is 43.2. The van der Waals surface area contributed by atoms with Crippen LogP contribution in [0.15, 0.2) is 66.5 Å². The minimum absolute atomic E-state index is 0.0740. The Morgan fingerprint density at radius 3 is 2.27 bits per heavy atom. The van der Waals surface area contributed by atoms with Crippen molar-refractivity contribution in [2.75, 3.05) is 11.9 Å². The van der Waals surface area contributed by atoms with Crippen LogP contribution in [-0.2, 0) is 31.9 Å². The summed E-state index contributed by atoms with van der Waals surface area (Å²) in [6.45, 7) is 9.44. The Labute approximate surface area is 283 Å². The van der Waals surface area contributed by atoms with Crippen molar-refractivity contribution in [3.05, 3.63) is 77.6 Å². The molecule has 4 saturated carbocycles. The Kier molecular flexibility index (Phi) is 9.59. The van der Waals surface area contributed by atoms with E-state index in [2.05, 4.69) is 20.9 Å². The van der Waals surface area contributed by atoms with E-state index in [1.807, 2.05) is 82.4 Å². The third-order valence-corrected chi connectivity index (χ3v) is 10.3. The van der Waals surface area contributed by atoms with Crippen molar-refractivity contribution in [2.45, 2.75) is 96.8 Å². The molecule has 256 valence electrons. The quantitative estimate of drug-likeness (QED) is 0.130. The number of alkyl carbamates (subject to hydrolysis) is 1. The van der Waals surface area contributed by atoms with Crippen LogP contribution >= 0.6 is 0 Å². The topological polar surface area (TPSA) is 122 Å². The molecule has 4 aliphatic rings. The second-order valence-corrected chi connectivity index (χ2v) is 15.4. The molecule has 7 rings (SSSR count). The number of carbonyl (C=O) groups excluding carboxylic acids is 3. The molecule has 0 radical (unpaired) electrons. The fourth-order valence-corrected chi connectivity index (χ4v) is 8.41. The molecular weight excluding hydrogens is 604 g/mol. The van der Waals surface area contributed by atoms with Crippen LogP contribution in [0.2, 0.25) is 0 Å². The Hall–Kier alpha value is -4.27. The zero-order valence-corrected chi connectivity index (χ0v) is 28.9. The van der Waals surface area contributed by atoms with Crippen LogP contribution in [0.4, 0.5) is 10.5 Å². The molecule has 48 heavy (non-hydrogen) atoms. The van der Waals surface area contributed by atoms with E-state index in [0.717, 1.165) is 65.2 Å². The summed E-state index contributed by atoms with van der Waals surface area (Å²) in [5, 5.41) is 10.4. The molecule has 1 unspecified atom stereocenters. The predicted molar refractivity (Wildman–Crippen MR) is 187 cm³/mol. The summed E-state index contributed by atoms with van der Waals surface area (Å²) < 4.78 is 11.6. The van der Waals surface area contributed by atoms with Gasteiger partial charge in [-0.15, -0.1) is 0 Å². The zero-order chi connectivity index (χ0) is 34.1. The van der Waals surface area contributed by atoms with E-state index in [1.165, 1.54) is 12.5 Å². The van der Waals surface area contributed by atoms with Crippen molar-refractivity contribution in [1.82, 2.24) is 15.6 Å². The third-order valence-electron chi connectivity index (χ3n) is 10.3. The number of hydrogen-bond donors (Lipinski definition) is 4. The van der Waals surface area contributed by atoms with Gasteiger partial charge in [0.05, 0.1) is 0 Å². The molecule has 1 atom stereocenters. The lowest BCUT2D eigenvalue weighted by Gasteiger charge is -2.53. The largest absolute Gasteiger partial charge is 0.457 e. The fraction of sp³-hybridized carbons (Fsp3) is 0.513. The number of esters is 1. The molecule has 2 aromatic carbocycles. The monoisotopic (exact) mass is 654 g/mol. The fourth-order valence-electron chi connectivity index (χ4n) is 8.41. The summed E-state index contributed by atoms with van der Waals surface area (Å²) in [6.07, 6.45) is 9.50. The molecule has 4 fully saturated rings. The van der Waals surface area contributed by atoms with Crippen LogP contribution in [0.3, 0.4) is 0 Å². The number of H-pyrrole nitrogens is 1. The number of hydrogen-bond acceptors (Lipinski definition) is 6. The Morgan fingerprint density at radius 2 is 1.56 bits per heavy atom. The Balaban J connectivity index is 1.13. The summed E-state index contributed by atoms with van der Waals surface area (Å²) in [7, 11) is 0. The van der Waals surface area contributed by atoms with Gasteiger partial charge in [-0.05, 0) is 120 Å². The van der Waals surface area contributed by atoms with Crippen LogP contribution < -0.4 is 16.0 Å². The van der Waals surface area contributed by atoms with Gasteiger partial charge in [0, 0.05) is 47.5 Å². The van der Waals surface area contributed by atoms with Gasteiger partial charge in [0.1, 0.15) is 17.2 Å². The molecule has 3 aromatic rings. The summed E-state index contributed by atoms with van der Waals surface area (Å²) >= 11 is 0. The first-order chi connectivity index (χ1) is 22.8. The van der Waals surface area contributed by atoms with E-state index in [0.29, 0.717) is 36.9 Å². The summed E-state index contributed by atoms with van der Waals surface area (Å²) in [5.74, 6) is 1.72. The highest BCUT2D eigenvalue weighted by Gasteiger charge is 2.50. The third kappa shape index (κ3) is 7.88. The first-order valence-corrected chi connectivity index (χ1v) is 17.4. The number of fused-ring (bicyclic) bond motifs is 1. The number of ether oxygens (including phenoxy) is 2. The lowest BCUT2D eigenvalue weighted by atomic mass is 9.55. The molecule has 1 heterocycles. The smallest absolute Gasteiger partial charge is 0.408 e. The summed E-state index contributed by atoms with van der Waals surface area (Å²) in [5.41, 5.74) is 2.55. The number of nitrogens with one attached hydrogen (secondary N) is 4. The number of aromatic amines is 1. The Bertz CT molecular complexity index is 1660. The van der Waals surface area contributed by atoms with E-state index >= 15 is 0 Å². The number of para-hydroxylation sites is 2. The van der Waals surface area contributed by atoms with Crippen LogP contribution in [-0.4, -0.2) is 46.7 Å². The maximum absolute atomic E-state index is 14.0. The Morgan fingerprint density at radius 1 is 0.896 bits per heavy atom. The molecule has 2 amide bonds. The second-order valence-electron chi connectivity index (χ2n) is 15.4. The van der Waals surface area contributed by atoms with Crippen LogP contribution in [0.5, 0.6) is 0 Å². The number of carbonyl (C=O) groups is 3. The van der Waals surface area contributed by atoms with Crippen LogP contribution in [0.1, 0.15) is 77.8 Å². The highest BCUT2D eigenvalue weighted by molar-refractivity contribution is 5.91. The van der Waals surface area contributed by atoms with Crippen LogP contribution in [0.25, 0.3) is 10.9 Å². The highest BCUT2D eigenvalue weighted by Crippen LogP contribution is 2.54. The van der Waals surface area contributed by atoms with Gasteiger partial charge in [0.25, 0.3) is 0 Å². The number of benzene rings is 2. The molecule has 4 N–H and O–H groups in total. The standard InChI is InChI=1S/C39H50N4O5/c1-24(16-34(44)48-38(2,3)4)42-32-12-8-6-10-27(32)14-15-40-36(45)39(5,22-30-23-41-33-13-9-7-11-31(30)33)43-37(46)47-35-28-18-25-17-26(20-28)21-29(35)19-25/h6-13,16,23,25-26,28-29,35,41-42H,14-15,17-22H2,1-5H3,(H,40,45)(H,43,46)/b24-16-. The van der Waals surface area contributed by atoms with Gasteiger partial charge in [-0.25, -0.2) is 9.59 Å². The number of allylic oxidation sites excluding steroid dienone is 1. The molecule has 0 aliphatic heterocycles. The lowest BCUT2D eigenvalue weighted by molar-refractivity contribution is -0.148. The van der Waals surface area contributed by atoms with Gasteiger partial charge in [-0.1, -0.05) is 36.4 Å². The number of aromatic nitrogens is 1. The van der Waals surface area contributed by atoms with E-state index < -0.39 is 23.2 Å². The average molecular weight is 655 g/mol. The van der Waals surface area contributed by atoms with E-state index in [-0.39, 0.29) is 12.0 Å². The molecule has 9 heteroatoms. The normalized spacial score (nSPS) is 24.5. The van der Waals surface area contributed by atoms with Crippen molar-refractivity contribution in [3.63, 3.8) is 0 Å². The number of rotatable bonds is 11. The van der Waals surface area contributed by atoms with Gasteiger partial charge >= 0.3 is 12.1 Å². The molecule has 1 aromatic heterocycles. The molecule has 0 spiro atoms. The lowest BCUT2D eigenvalue weighted by Crippen LogP contribution is -2.60. The van der Waals surface area contributed by atoms with E-state index in [4.69, 9.17) is 9.47 Å². The van der Waals surface area contributed by atoms with E-state index in [1.54, 1.807) is 6.92 Å². The molecular formula is C39H50N4O5. The number of amides is 2. The minimum Gasteiger partial charge on any atom is -0.457 e. The van der Waals surface area contributed by atoms with Crippen molar-refractivity contribution >= 4 is 34.6 Å². The molecule has 9 nitrogen and oxygen atoms in total. The highest BCUT2D eigenvalue weighted by atomic mass is 16.6. The van der Waals surface area contributed by atoms with Gasteiger partial charge in [-0.3, -0.25) is 4.79 Å². The van der Waals surface area contributed by atoms with Crippen LogP contribution in [0, 0.1) is 23.7 Å². The average Bonchev–Trinajstić information content (AvgIpc) is 3.40. The van der Waals surface area contributed by atoms with Crippen molar-refractivity contribution < 1.29 is 23.9 Å².